The third-order valence-electron chi connectivity index (χ3n) is 2.98. The molecule has 22 heavy (non-hydrogen) atoms. The van der Waals surface area contributed by atoms with E-state index in [0.717, 1.165) is 4.47 Å². The number of carbonyl (C=O) groups is 2. The van der Waals surface area contributed by atoms with Crippen LogP contribution in [0.5, 0.6) is 5.75 Å². The number of Topliss-reactive ketones (excluding diaryl/α,β-unsaturated/α-hetero) is 1. The molecule has 0 aliphatic rings. The van der Waals surface area contributed by atoms with Crippen LogP contribution in [0.4, 0.5) is 5.69 Å². The van der Waals surface area contributed by atoms with Gasteiger partial charge < -0.3 is 10.1 Å². The highest BCUT2D eigenvalue weighted by Crippen LogP contribution is 2.33. The average Bonchev–Trinajstić information content (AvgIpc) is 2.46. The lowest BCUT2D eigenvalue weighted by Gasteiger charge is -2.12. The van der Waals surface area contributed by atoms with Crippen LogP contribution in [0.3, 0.4) is 0 Å². The SMILES string of the molecule is COc1c(Br)cc(Br)cc1C(=O)Nc1cccc(C(C)=O)c1. The Hall–Kier alpha value is -1.66. The summed E-state index contributed by atoms with van der Waals surface area (Å²) >= 11 is 6.71. The Kier molecular flexibility index (Phi) is 5.37. The number of benzene rings is 2. The fourth-order valence-corrected chi connectivity index (χ4v) is 3.34. The van der Waals surface area contributed by atoms with Crippen molar-refractivity contribution in [3.8, 4) is 5.75 Å². The number of rotatable bonds is 4. The smallest absolute Gasteiger partial charge is 0.259 e. The molecule has 0 saturated carbocycles. The number of hydrogen-bond acceptors (Lipinski definition) is 3. The maximum atomic E-state index is 12.5. The third-order valence-corrected chi connectivity index (χ3v) is 4.03. The van der Waals surface area contributed by atoms with Crippen molar-refractivity contribution in [1.82, 2.24) is 0 Å². The monoisotopic (exact) mass is 425 g/mol. The van der Waals surface area contributed by atoms with E-state index in [2.05, 4.69) is 37.2 Å². The fourth-order valence-electron chi connectivity index (χ4n) is 1.95. The topological polar surface area (TPSA) is 55.4 Å². The molecule has 2 rings (SSSR count). The minimum Gasteiger partial charge on any atom is -0.495 e. The molecule has 0 radical (unpaired) electrons. The molecule has 2 aromatic rings. The molecule has 4 nitrogen and oxygen atoms in total. The number of anilines is 1. The molecule has 0 fully saturated rings. The molecular weight excluding hydrogens is 414 g/mol. The number of methoxy groups -OCH3 is 1. The van der Waals surface area contributed by atoms with Crippen molar-refractivity contribution in [2.75, 3.05) is 12.4 Å². The molecule has 0 heterocycles. The predicted molar refractivity (Wildman–Crippen MR) is 92.8 cm³/mol. The van der Waals surface area contributed by atoms with Gasteiger partial charge in [-0.2, -0.15) is 0 Å². The zero-order valence-electron chi connectivity index (χ0n) is 11.9. The van der Waals surface area contributed by atoms with Gasteiger partial charge in [0, 0.05) is 15.7 Å². The van der Waals surface area contributed by atoms with Crippen LogP contribution < -0.4 is 10.1 Å². The Morgan fingerprint density at radius 2 is 1.86 bits per heavy atom. The molecule has 0 aliphatic carbocycles. The molecular formula is C16H13Br2NO3. The fraction of sp³-hybridized carbons (Fsp3) is 0.125. The summed E-state index contributed by atoms with van der Waals surface area (Å²) in [6, 6.07) is 10.3. The Bertz CT molecular complexity index is 744. The van der Waals surface area contributed by atoms with Crippen LogP contribution in [-0.4, -0.2) is 18.8 Å². The summed E-state index contributed by atoms with van der Waals surface area (Å²) in [7, 11) is 1.50. The predicted octanol–water partition coefficient (Wildman–Crippen LogP) is 4.68. The Balaban J connectivity index is 2.34. The summed E-state index contributed by atoms with van der Waals surface area (Å²) in [6.45, 7) is 1.48. The highest BCUT2D eigenvalue weighted by molar-refractivity contribution is 9.11. The average molecular weight is 427 g/mol. The van der Waals surface area contributed by atoms with Crippen molar-refractivity contribution in [3.63, 3.8) is 0 Å². The Morgan fingerprint density at radius 3 is 2.50 bits per heavy atom. The van der Waals surface area contributed by atoms with Gasteiger partial charge in [0.25, 0.3) is 5.91 Å². The molecule has 0 bridgehead atoms. The van der Waals surface area contributed by atoms with E-state index in [4.69, 9.17) is 4.74 Å². The first-order valence-corrected chi connectivity index (χ1v) is 7.96. The van der Waals surface area contributed by atoms with Crippen molar-refractivity contribution < 1.29 is 14.3 Å². The number of nitrogens with one attached hydrogen (secondary N) is 1. The van der Waals surface area contributed by atoms with Gasteiger partial charge >= 0.3 is 0 Å². The first-order chi connectivity index (χ1) is 10.4. The molecule has 0 aromatic heterocycles. The van der Waals surface area contributed by atoms with E-state index in [9.17, 15) is 9.59 Å². The summed E-state index contributed by atoms with van der Waals surface area (Å²) in [4.78, 5) is 23.9. The lowest BCUT2D eigenvalue weighted by atomic mass is 10.1. The van der Waals surface area contributed by atoms with E-state index in [1.54, 1.807) is 36.4 Å². The highest BCUT2D eigenvalue weighted by Gasteiger charge is 2.16. The first-order valence-electron chi connectivity index (χ1n) is 6.37. The Labute approximate surface area is 145 Å². The molecule has 0 spiro atoms. The summed E-state index contributed by atoms with van der Waals surface area (Å²) in [5.41, 5.74) is 1.48. The number of carbonyl (C=O) groups excluding carboxylic acids is 2. The van der Waals surface area contributed by atoms with Crippen LogP contribution in [0.1, 0.15) is 27.6 Å². The number of ether oxygens (including phenoxy) is 1. The van der Waals surface area contributed by atoms with Crippen molar-refractivity contribution in [2.24, 2.45) is 0 Å². The van der Waals surface area contributed by atoms with E-state index in [0.29, 0.717) is 27.0 Å². The normalized spacial score (nSPS) is 10.2. The summed E-state index contributed by atoms with van der Waals surface area (Å²) in [6.07, 6.45) is 0. The molecule has 0 atom stereocenters. The maximum Gasteiger partial charge on any atom is 0.259 e. The van der Waals surface area contributed by atoms with Crippen molar-refractivity contribution in [3.05, 3.63) is 56.5 Å². The second-order valence-corrected chi connectivity index (χ2v) is 6.33. The Morgan fingerprint density at radius 1 is 1.14 bits per heavy atom. The second kappa shape index (κ2) is 7.07. The van der Waals surface area contributed by atoms with Crippen LogP contribution in [0, 0.1) is 0 Å². The van der Waals surface area contributed by atoms with Gasteiger partial charge in [-0.15, -0.1) is 0 Å². The van der Waals surface area contributed by atoms with Crippen molar-refractivity contribution in [1.29, 1.82) is 0 Å². The van der Waals surface area contributed by atoms with Crippen LogP contribution in [-0.2, 0) is 0 Å². The van der Waals surface area contributed by atoms with Crippen LogP contribution in [0.25, 0.3) is 0 Å². The van der Waals surface area contributed by atoms with E-state index in [-0.39, 0.29) is 11.7 Å². The molecule has 1 amide bonds. The van der Waals surface area contributed by atoms with Gasteiger partial charge in [-0.3, -0.25) is 9.59 Å². The van der Waals surface area contributed by atoms with Gasteiger partial charge in [0.15, 0.2) is 5.78 Å². The van der Waals surface area contributed by atoms with Gasteiger partial charge in [0.2, 0.25) is 0 Å². The summed E-state index contributed by atoms with van der Waals surface area (Å²) in [5.74, 6) is 0.0712. The minimum absolute atomic E-state index is 0.0566. The van der Waals surface area contributed by atoms with E-state index >= 15 is 0 Å². The molecule has 0 aliphatic heterocycles. The zero-order chi connectivity index (χ0) is 16.3. The second-order valence-electron chi connectivity index (χ2n) is 4.56. The maximum absolute atomic E-state index is 12.5. The van der Waals surface area contributed by atoms with Crippen LogP contribution in [0.2, 0.25) is 0 Å². The molecule has 0 unspecified atom stereocenters. The zero-order valence-corrected chi connectivity index (χ0v) is 15.1. The van der Waals surface area contributed by atoms with Gasteiger partial charge in [-0.05, 0) is 47.1 Å². The lowest BCUT2D eigenvalue weighted by Crippen LogP contribution is -2.14. The van der Waals surface area contributed by atoms with Crippen molar-refractivity contribution in [2.45, 2.75) is 6.92 Å². The highest BCUT2D eigenvalue weighted by atomic mass is 79.9. The lowest BCUT2D eigenvalue weighted by molar-refractivity contribution is 0.101. The number of amides is 1. The standard InChI is InChI=1S/C16H13Br2NO3/c1-9(20)10-4-3-5-12(6-10)19-16(21)13-7-11(17)8-14(18)15(13)22-2/h3-8H,1-2H3,(H,19,21). The van der Waals surface area contributed by atoms with Crippen molar-refractivity contribution >= 4 is 49.2 Å². The number of halogens is 2. The first kappa shape index (κ1) is 16.7. The van der Waals surface area contributed by atoms with Gasteiger partial charge in [-0.1, -0.05) is 28.1 Å². The quantitative estimate of drug-likeness (QED) is 0.722. The van der Waals surface area contributed by atoms with Gasteiger partial charge in [0.05, 0.1) is 17.1 Å². The van der Waals surface area contributed by atoms with Gasteiger partial charge in [-0.25, -0.2) is 0 Å². The van der Waals surface area contributed by atoms with E-state index < -0.39 is 0 Å². The largest absolute Gasteiger partial charge is 0.495 e. The molecule has 6 heteroatoms. The number of ketones is 1. The minimum atomic E-state index is -0.320. The van der Waals surface area contributed by atoms with Crippen LogP contribution in [0.15, 0.2) is 45.3 Å². The van der Waals surface area contributed by atoms with E-state index in [1.807, 2.05) is 0 Å². The van der Waals surface area contributed by atoms with E-state index in [1.165, 1.54) is 14.0 Å². The third kappa shape index (κ3) is 3.75. The summed E-state index contributed by atoms with van der Waals surface area (Å²) in [5, 5.41) is 2.77. The molecule has 0 saturated heterocycles. The van der Waals surface area contributed by atoms with Gasteiger partial charge in [0.1, 0.15) is 5.75 Å². The summed E-state index contributed by atoms with van der Waals surface area (Å²) < 4.78 is 6.70. The molecule has 2 aromatic carbocycles. The van der Waals surface area contributed by atoms with Crippen LogP contribution >= 0.6 is 31.9 Å². The molecule has 114 valence electrons. The molecule has 1 N–H and O–H groups in total. The number of hydrogen-bond donors (Lipinski definition) is 1.